The fourth-order valence-electron chi connectivity index (χ4n) is 2.10. The third-order valence-electron chi connectivity index (χ3n) is 2.78. The Morgan fingerprint density at radius 3 is 2.05 bits per heavy atom. The van der Waals surface area contributed by atoms with Crippen LogP contribution < -0.4 is 0 Å². The van der Waals surface area contributed by atoms with Crippen molar-refractivity contribution < 1.29 is 14.2 Å². The summed E-state index contributed by atoms with van der Waals surface area (Å²) in [5, 5.41) is 0. The van der Waals surface area contributed by atoms with Crippen LogP contribution >= 0.6 is 22.6 Å². The second-order valence-electron chi connectivity index (χ2n) is 4.08. The first-order valence-electron chi connectivity index (χ1n) is 6.99. The SMILES string of the molecule is CCOC(OCC)(OCC)c1ccccc1C/C=C/I. The molecule has 1 aromatic rings. The minimum atomic E-state index is -1.10. The molecule has 0 heterocycles. The van der Waals surface area contributed by atoms with E-state index >= 15 is 0 Å². The van der Waals surface area contributed by atoms with Gasteiger partial charge in [0, 0.05) is 25.4 Å². The fraction of sp³-hybridized carbons (Fsp3) is 0.500. The summed E-state index contributed by atoms with van der Waals surface area (Å²) in [6.07, 6.45) is 2.93. The molecule has 0 radical (unpaired) electrons. The van der Waals surface area contributed by atoms with E-state index in [4.69, 9.17) is 14.2 Å². The molecule has 0 aromatic heterocycles. The number of halogens is 1. The van der Waals surface area contributed by atoms with Crippen LogP contribution in [0.15, 0.2) is 34.4 Å². The summed E-state index contributed by atoms with van der Waals surface area (Å²) in [6.45, 7) is 7.41. The van der Waals surface area contributed by atoms with Gasteiger partial charge in [0.05, 0.1) is 0 Å². The third-order valence-corrected chi connectivity index (χ3v) is 3.29. The smallest absolute Gasteiger partial charge is 0.312 e. The van der Waals surface area contributed by atoms with E-state index < -0.39 is 5.97 Å². The van der Waals surface area contributed by atoms with Gasteiger partial charge in [-0.1, -0.05) is 52.9 Å². The Morgan fingerprint density at radius 1 is 1.00 bits per heavy atom. The number of rotatable bonds is 9. The molecule has 0 aliphatic carbocycles. The van der Waals surface area contributed by atoms with E-state index in [0.717, 1.165) is 17.5 Å². The summed E-state index contributed by atoms with van der Waals surface area (Å²) >= 11 is 2.22. The molecule has 0 atom stereocenters. The second-order valence-corrected chi connectivity index (χ2v) is 4.80. The van der Waals surface area contributed by atoms with E-state index in [9.17, 15) is 0 Å². The summed E-state index contributed by atoms with van der Waals surface area (Å²) < 4.78 is 19.6. The van der Waals surface area contributed by atoms with Crippen LogP contribution in [0.1, 0.15) is 31.9 Å². The van der Waals surface area contributed by atoms with Gasteiger partial charge in [-0.25, -0.2) is 0 Å². The molecule has 0 spiro atoms. The van der Waals surface area contributed by atoms with Crippen LogP contribution in [0.4, 0.5) is 0 Å². The van der Waals surface area contributed by atoms with E-state index in [0.29, 0.717) is 19.8 Å². The van der Waals surface area contributed by atoms with Crippen LogP contribution in [0.3, 0.4) is 0 Å². The van der Waals surface area contributed by atoms with Crippen LogP contribution in [0.5, 0.6) is 0 Å². The number of ether oxygens (including phenoxy) is 3. The molecule has 0 N–H and O–H groups in total. The summed E-state index contributed by atoms with van der Waals surface area (Å²) in [5.41, 5.74) is 2.09. The molecule has 0 unspecified atom stereocenters. The van der Waals surface area contributed by atoms with E-state index in [1.807, 2.05) is 43.1 Å². The van der Waals surface area contributed by atoms with Crippen molar-refractivity contribution in [1.29, 1.82) is 0 Å². The molecule has 0 saturated carbocycles. The summed E-state index contributed by atoms with van der Waals surface area (Å²) in [4.78, 5) is 0. The Bertz CT molecular complexity index is 401. The monoisotopic (exact) mass is 390 g/mol. The van der Waals surface area contributed by atoms with E-state index in [1.165, 1.54) is 0 Å². The predicted octanol–water partition coefficient (Wildman–Crippen LogP) is 4.40. The number of benzene rings is 1. The van der Waals surface area contributed by atoms with E-state index in [2.05, 4.69) is 34.7 Å². The quantitative estimate of drug-likeness (QED) is 0.462. The van der Waals surface area contributed by atoms with Gasteiger partial charge in [0.2, 0.25) is 0 Å². The lowest BCUT2D eigenvalue weighted by Crippen LogP contribution is -2.37. The van der Waals surface area contributed by atoms with Gasteiger partial charge in [-0.15, -0.1) is 0 Å². The average molecular weight is 390 g/mol. The lowest BCUT2D eigenvalue weighted by atomic mass is 10.0. The second kappa shape index (κ2) is 9.50. The molecule has 0 fully saturated rings. The lowest BCUT2D eigenvalue weighted by molar-refractivity contribution is -0.389. The molecule has 20 heavy (non-hydrogen) atoms. The van der Waals surface area contributed by atoms with Crippen molar-refractivity contribution in [3.63, 3.8) is 0 Å². The highest BCUT2D eigenvalue weighted by Crippen LogP contribution is 2.32. The highest BCUT2D eigenvalue weighted by molar-refractivity contribution is 14.1. The Balaban J connectivity index is 3.23. The Kier molecular flexibility index (Phi) is 8.37. The Morgan fingerprint density at radius 2 is 1.55 bits per heavy atom. The largest absolute Gasteiger partial charge is 0.324 e. The molecule has 0 aliphatic heterocycles. The van der Waals surface area contributed by atoms with Crippen LogP contribution in [0.25, 0.3) is 0 Å². The van der Waals surface area contributed by atoms with Gasteiger partial charge in [-0.05, 0) is 36.8 Å². The van der Waals surface area contributed by atoms with Crippen molar-refractivity contribution in [2.75, 3.05) is 19.8 Å². The summed E-state index contributed by atoms with van der Waals surface area (Å²) in [7, 11) is 0. The molecule has 0 saturated heterocycles. The average Bonchev–Trinajstić information content (AvgIpc) is 2.46. The van der Waals surface area contributed by atoms with Gasteiger partial charge < -0.3 is 14.2 Å². The van der Waals surface area contributed by atoms with Gasteiger partial charge in [0.15, 0.2) is 0 Å². The topological polar surface area (TPSA) is 27.7 Å². The minimum absolute atomic E-state index is 0.524. The van der Waals surface area contributed by atoms with Crippen LogP contribution in [0, 0.1) is 0 Å². The maximum Gasteiger partial charge on any atom is 0.312 e. The first-order valence-corrected chi connectivity index (χ1v) is 8.24. The van der Waals surface area contributed by atoms with Crippen LogP contribution in [0.2, 0.25) is 0 Å². The highest BCUT2D eigenvalue weighted by Gasteiger charge is 2.36. The van der Waals surface area contributed by atoms with E-state index in [-0.39, 0.29) is 0 Å². The Labute approximate surface area is 135 Å². The van der Waals surface area contributed by atoms with E-state index in [1.54, 1.807) is 0 Å². The zero-order chi connectivity index (χ0) is 14.8. The van der Waals surface area contributed by atoms with Crippen molar-refractivity contribution in [3.8, 4) is 0 Å². The van der Waals surface area contributed by atoms with Gasteiger partial charge in [0.25, 0.3) is 0 Å². The maximum atomic E-state index is 5.85. The molecule has 0 amide bonds. The standard InChI is InChI=1S/C16H23IO3/c1-4-18-16(19-5-2,20-6-3)15-12-8-7-10-14(15)11-9-13-17/h7-10,12-13H,4-6,11H2,1-3H3/b13-9+. The van der Waals surface area contributed by atoms with Crippen molar-refractivity contribution in [3.05, 3.63) is 45.6 Å². The molecule has 3 nitrogen and oxygen atoms in total. The first kappa shape index (κ1) is 17.6. The Hall–Kier alpha value is -0.430. The normalized spacial score (nSPS) is 12.2. The zero-order valence-corrected chi connectivity index (χ0v) is 14.6. The zero-order valence-electron chi connectivity index (χ0n) is 12.4. The third kappa shape index (κ3) is 4.55. The predicted molar refractivity (Wildman–Crippen MR) is 89.9 cm³/mol. The minimum Gasteiger partial charge on any atom is -0.324 e. The molecule has 0 bridgehead atoms. The molecule has 4 heteroatoms. The van der Waals surface area contributed by atoms with Gasteiger partial charge in [-0.3, -0.25) is 0 Å². The highest BCUT2D eigenvalue weighted by atomic mass is 127. The summed E-state index contributed by atoms with van der Waals surface area (Å²) in [6, 6.07) is 8.10. The van der Waals surface area contributed by atoms with Crippen molar-refractivity contribution in [1.82, 2.24) is 0 Å². The number of hydrogen-bond donors (Lipinski definition) is 0. The number of hydrogen-bond acceptors (Lipinski definition) is 3. The number of allylic oxidation sites excluding steroid dienone is 1. The molecular formula is C16H23IO3. The van der Waals surface area contributed by atoms with Crippen molar-refractivity contribution in [2.24, 2.45) is 0 Å². The van der Waals surface area contributed by atoms with Crippen molar-refractivity contribution >= 4 is 22.6 Å². The fourth-order valence-corrected chi connectivity index (χ4v) is 2.35. The molecule has 1 aromatic carbocycles. The molecular weight excluding hydrogens is 367 g/mol. The van der Waals surface area contributed by atoms with Crippen LogP contribution in [-0.2, 0) is 26.6 Å². The molecule has 1 rings (SSSR count). The van der Waals surface area contributed by atoms with Crippen LogP contribution in [-0.4, -0.2) is 19.8 Å². The first-order chi connectivity index (χ1) is 9.74. The lowest BCUT2D eigenvalue weighted by Gasteiger charge is -2.34. The van der Waals surface area contributed by atoms with Gasteiger partial charge >= 0.3 is 5.97 Å². The molecule has 112 valence electrons. The molecule has 0 aliphatic rings. The van der Waals surface area contributed by atoms with Gasteiger partial charge in [-0.2, -0.15) is 0 Å². The maximum absolute atomic E-state index is 5.85. The van der Waals surface area contributed by atoms with Crippen molar-refractivity contribution in [2.45, 2.75) is 33.2 Å². The summed E-state index contributed by atoms with van der Waals surface area (Å²) in [5.74, 6) is -1.10. The van der Waals surface area contributed by atoms with Gasteiger partial charge in [0.1, 0.15) is 0 Å².